The molecule has 0 radical (unpaired) electrons. The van der Waals surface area contributed by atoms with E-state index in [1.54, 1.807) is 0 Å². The topological polar surface area (TPSA) is 0 Å². The van der Waals surface area contributed by atoms with Crippen LogP contribution in [0, 0.1) is 0 Å². The largest absolute Gasteiger partial charge is 0.154 e. The molecule has 1 aliphatic rings. The van der Waals surface area contributed by atoms with Crippen LogP contribution >= 0.6 is 17.9 Å². The maximum atomic E-state index is 6.76. The second kappa shape index (κ2) is 3.68. The summed E-state index contributed by atoms with van der Waals surface area (Å²) in [5, 5.41) is 1.36. The lowest BCUT2D eigenvalue weighted by Crippen LogP contribution is -2.08. The fraction of sp³-hybridized carbons (Fsp3) is 0.333. The Morgan fingerprint density at radius 1 is 1.00 bits per heavy atom. The summed E-state index contributed by atoms with van der Waals surface area (Å²) in [5.41, 5.74) is 2.99. The molecular weight excluding hydrogens is 211 g/mol. The zero-order valence-electron chi connectivity index (χ0n) is 8.63. The molecule has 1 aromatic carbocycles. The third-order valence-electron chi connectivity index (χ3n) is 2.92. The monoisotopic (exact) mass is 225 g/mol. The summed E-state index contributed by atoms with van der Waals surface area (Å²) in [6.07, 6.45) is 2.20. The predicted molar refractivity (Wildman–Crippen MR) is 67.0 cm³/mol. The molecule has 74 valence electrons. The van der Waals surface area contributed by atoms with Gasteiger partial charge in [-0.15, -0.1) is 0 Å². The fourth-order valence-corrected chi connectivity index (χ4v) is 6.60. The van der Waals surface area contributed by atoms with Crippen molar-refractivity contribution in [1.82, 2.24) is 0 Å². The molecule has 0 saturated carbocycles. The Labute approximate surface area is 91.1 Å². The van der Waals surface area contributed by atoms with Crippen molar-refractivity contribution in [3.63, 3.8) is 0 Å². The van der Waals surface area contributed by atoms with Gasteiger partial charge in [-0.2, -0.15) is 0 Å². The summed E-state index contributed by atoms with van der Waals surface area (Å²) in [5.74, 6) is 0. The molecule has 0 nitrogen and oxygen atoms in total. The normalized spacial score (nSPS) is 20.2. The summed E-state index contributed by atoms with van der Waals surface area (Å²) in [6, 6.07) is 10.6. The molecule has 0 fully saturated rings. The SMILES string of the molecule is CC1=C(C)C[P+](Cl)(c2ccccc2)C1. The van der Waals surface area contributed by atoms with Gasteiger partial charge in [-0.25, -0.2) is 0 Å². The Morgan fingerprint density at radius 2 is 1.50 bits per heavy atom. The van der Waals surface area contributed by atoms with Crippen molar-refractivity contribution < 1.29 is 0 Å². The second-order valence-corrected chi connectivity index (χ2v) is 8.89. The van der Waals surface area contributed by atoms with Crippen LogP contribution in [0.15, 0.2) is 41.5 Å². The zero-order chi connectivity index (χ0) is 10.2. The van der Waals surface area contributed by atoms with Gasteiger partial charge in [0.1, 0.15) is 17.6 Å². The number of rotatable bonds is 1. The number of benzene rings is 1. The summed E-state index contributed by atoms with van der Waals surface area (Å²) < 4.78 is 0. The Balaban J connectivity index is 2.30. The van der Waals surface area contributed by atoms with E-state index in [0.717, 1.165) is 12.3 Å². The smallest absolute Gasteiger partial charge is 0.0620 e. The molecule has 0 bridgehead atoms. The molecule has 0 aromatic heterocycles. The number of allylic oxidation sites excluding steroid dienone is 2. The quantitative estimate of drug-likeness (QED) is 0.503. The van der Waals surface area contributed by atoms with E-state index in [1.165, 1.54) is 16.5 Å². The minimum absolute atomic E-state index is 1.10. The lowest BCUT2D eigenvalue weighted by molar-refractivity contribution is 1.29. The van der Waals surface area contributed by atoms with Crippen molar-refractivity contribution in [2.24, 2.45) is 0 Å². The van der Waals surface area contributed by atoms with E-state index in [0.29, 0.717) is 0 Å². The number of hydrogen-bond donors (Lipinski definition) is 0. The van der Waals surface area contributed by atoms with Crippen LogP contribution < -0.4 is 5.30 Å². The van der Waals surface area contributed by atoms with E-state index >= 15 is 0 Å². The first-order valence-electron chi connectivity index (χ1n) is 4.89. The van der Waals surface area contributed by atoms with Crippen molar-refractivity contribution in [3.05, 3.63) is 41.5 Å². The van der Waals surface area contributed by atoms with Crippen molar-refractivity contribution in [1.29, 1.82) is 0 Å². The van der Waals surface area contributed by atoms with Gasteiger partial charge < -0.3 is 0 Å². The van der Waals surface area contributed by atoms with Crippen LogP contribution in [0.2, 0.25) is 0 Å². The first-order chi connectivity index (χ1) is 6.62. The zero-order valence-corrected chi connectivity index (χ0v) is 10.3. The van der Waals surface area contributed by atoms with Crippen LogP contribution in [0.5, 0.6) is 0 Å². The lowest BCUT2D eigenvalue weighted by Gasteiger charge is -2.12. The fourth-order valence-electron chi connectivity index (χ4n) is 1.96. The minimum Gasteiger partial charge on any atom is -0.0620 e. The van der Waals surface area contributed by atoms with Gasteiger partial charge in [0.2, 0.25) is 0 Å². The van der Waals surface area contributed by atoms with Crippen LogP contribution in [0.25, 0.3) is 0 Å². The van der Waals surface area contributed by atoms with Gasteiger partial charge in [-0.05, 0) is 37.1 Å². The van der Waals surface area contributed by atoms with Crippen molar-refractivity contribution in [3.8, 4) is 0 Å². The Kier molecular flexibility index (Phi) is 2.68. The molecule has 0 spiro atoms. The molecule has 0 N–H and O–H groups in total. The van der Waals surface area contributed by atoms with Gasteiger partial charge in [0.15, 0.2) is 6.62 Å². The number of halogens is 1. The molecule has 0 aliphatic carbocycles. The maximum absolute atomic E-state index is 6.76. The maximum Gasteiger partial charge on any atom is 0.154 e. The first kappa shape index (κ1) is 10.2. The summed E-state index contributed by atoms with van der Waals surface area (Å²) in [7, 11) is 0. The van der Waals surface area contributed by atoms with E-state index in [2.05, 4.69) is 44.2 Å². The van der Waals surface area contributed by atoms with Crippen molar-refractivity contribution in [2.75, 3.05) is 12.3 Å². The molecule has 0 unspecified atom stereocenters. The number of hydrogen-bond acceptors (Lipinski definition) is 0. The molecule has 2 heteroatoms. The highest BCUT2D eigenvalue weighted by Crippen LogP contribution is 2.68. The highest BCUT2D eigenvalue weighted by molar-refractivity contribution is 8.05. The molecule has 14 heavy (non-hydrogen) atoms. The van der Waals surface area contributed by atoms with Crippen molar-refractivity contribution in [2.45, 2.75) is 13.8 Å². The van der Waals surface area contributed by atoms with Gasteiger partial charge in [0.25, 0.3) is 0 Å². The average molecular weight is 226 g/mol. The Hall–Kier alpha value is -0.320. The van der Waals surface area contributed by atoms with Crippen LogP contribution in [-0.4, -0.2) is 12.3 Å². The van der Waals surface area contributed by atoms with Gasteiger partial charge in [-0.1, -0.05) is 18.2 Å². The van der Waals surface area contributed by atoms with Crippen LogP contribution in [0.3, 0.4) is 0 Å². The molecule has 2 rings (SSSR count). The van der Waals surface area contributed by atoms with E-state index in [1.807, 2.05) is 0 Å². The molecule has 1 aromatic rings. The standard InChI is InChI=1S/C12H15ClP/c1-10-8-14(13,9-11(10)2)12-6-4-3-5-7-12/h3-7H,8-9H2,1-2H3/q+1. The van der Waals surface area contributed by atoms with E-state index < -0.39 is 6.62 Å². The highest BCUT2D eigenvalue weighted by Gasteiger charge is 2.44. The molecule has 1 heterocycles. The van der Waals surface area contributed by atoms with Gasteiger partial charge in [0, 0.05) is 0 Å². The second-order valence-electron chi connectivity index (χ2n) is 4.08. The van der Waals surface area contributed by atoms with Crippen LogP contribution in [0.4, 0.5) is 0 Å². The third-order valence-corrected chi connectivity index (χ3v) is 7.40. The van der Waals surface area contributed by atoms with Crippen LogP contribution in [-0.2, 0) is 0 Å². The minimum atomic E-state index is -1.39. The van der Waals surface area contributed by atoms with E-state index in [-0.39, 0.29) is 0 Å². The molecule has 0 atom stereocenters. The molecular formula is C12H15ClP+. The van der Waals surface area contributed by atoms with Gasteiger partial charge >= 0.3 is 0 Å². The van der Waals surface area contributed by atoms with Gasteiger partial charge in [0.05, 0.1) is 11.2 Å². The summed E-state index contributed by atoms with van der Waals surface area (Å²) in [4.78, 5) is 0. The molecule has 1 aliphatic heterocycles. The lowest BCUT2D eigenvalue weighted by atomic mass is 10.2. The Morgan fingerprint density at radius 3 is 2.00 bits per heavy atom. The van der Waals surface area contributed by atoms with Crippen molar-refractivity contribution >= 4 is 23.2 Å². The average Bonchev–Trinajstić information content (AvgIpc) is 2.44. The molecule has 0 saturated heterocycles. The summed E-state index contributed by atoms with van der Waals surface area (Å²) >= 11 is 6.76. The first-order valence-corrected chi connectivity index (χ1v) is 7.96. The molecule has 0 amide bonds. The Bertz CT molecular complexity index is 353. The predicted octanol–water partition coefficient (Wildman–Crippen LogP) is 3.83. The highest BCUT2D eigenvalue weighted by atomic mass is 35.7. The summed E-state index contributed by atoms with van der Waals surface area (Å²) in [6.45, 7) is 3.03. The van der Waals surface area contributed by atoms with Crippen LogP contribution in [0.1, 0.15) is 13.8 Å². The van der Waals surface area contributed by atoms with E-state index in [4.69, 9.17) is 11.2 Å². The third kappa shape index (κ3) is 1.74. The van der Waals surface area contributed by atoms with Gasteiger partial charge in [-0.3, -0.25) is 0 Å². The van der Waals surface area contributed by atoms with E-state index in [9.17, 15) is 0 Å².